The molecule has 0 spiro atoms. The summed E-state index contributed by atoms with van der Waals surface area (Å²) < 4.78 is 8.10. The number of carbonyl (C=O) groups is 3. The van der Waals surface area contributed by atoms with Crippen LogP contribution in [0.25, 0.3) is 22.2 Å². The van der Waals surface area contributed by atoms with Crippen molar-refractivity contribution < 1.29 is 24.2 Å². The molecule has 0 atom stereocenters. The van der Waals surface area contributed by atoms with E-state index in [1.165, 1.54) is 12.0 Å². The zero-order valence-corrected chi connectivity index (χ0v) is 25.2. The highest BCUT2D eigenvalue weighted by atomic mass is 16.5. The van der Waals surface area contributed by atoms with Crippen molar-refractivity contribution in [2.45, 2.75) is 58.1 Å². The van der Waals surface area contributed by atoms with Gasteiger partial charge in [-0.3, -0.25) is 9.59 Å². The largest absolute Gasteiger partial charge is 0.489 e. The molecule has 1 N–H and O–H groups in total. The van der Waals surface area contributed by atoms with E-state index in [1.54, 1.807) is 24.0 Å². The van der Waals surface area contributed by atoms with E-state index < -0.39 is 5.97 Å². The topological polar surface area (TPSA) is 92.1 Å². The highest BCUT2D eigenvalue weighted by Crippen LogP contribution is 2.44. The highest BCUT2D eigenvalue weighted by molar-refractivity contribution is 5.99. The van der Waals surface area contributed by atoms with E-state index in [-0.39, 0.29) is 23.9 Å². The number of hydrogen-bond donors (Lipinski definition) is 1. The molecule has 0 radical (unpaired) electrons. The lowest BCUT2D eigenvalue weighted by Crippen LogP contribution is -2.50. The van der Waals surface area contributed by atoms with Gasteiger partial charge in [0.1, 0.15) is 18.9 Å². The molecule has 2 heterocycles. The summed E-state index contributed by atoms with van der Waals surface area (Å²) in [6.45, 7) is 4.11. The fourth-order valence-corrected chi connectivity index (χ4v) is 6.75. The maximum Gasteiger partial charge on any atom is 0.335 e. The van der Waals surface area contributed by atoms with Crippen LogP contribution in [0, 0.1) is 0 Å². The van der Waals surface area contributed by atoms with Crippen LogP contribution in [0.3, 0.4) is 0 Å². The number of aromatic nitrogens is 1. The molecule has 8 nitrogen and oxygen atoms in total. The zero-order chi connectivity index (χ0) is 30.6. The summed E-state index contributed by atoms with van der Waals surface area (Å²) >= 11 is 0. The second-order valence-electron chi connectivity index (χ2n) is 11.9. The van der Waals surface area contributed by atoms with Crippen molar-refractivity contribution >= 4 is 28.7 Å². The van der Waals surface area contributed by atoms with Gasteiger partial charge in [-0.25, -0.2) is 4.79 Å². The maximum atomic E-state index is 13.8. The van der Waals surface area contributed by atoms with Crippen LogP contribution in [0.2, 0.25) is 0 Å². The minimum absolute atomic E-state index is 0.0188. The molecule has 1 aliphatic heterocycles. The number of fused-ring (bicyclic) bond motifs is 1. The van der Waals surface area contributed by atoms with Crippen molar-refractivity contribution in [3.8, 4) is 17.0 Å². The molecule has 2 fully saturated rings. The molecular formula is C36H39N3O5. The summed E-state index contributed by atoms with van der Waals surface area (Å²) in [5, 5.41) is 10.9. The first kappa shape index (κ1) is 29.5. The predicted octanol–water partition coefficient (Wildman–Crippen LogP) is 6.32. The van der Waals surface area contributed by atoms with Crippen molar-refractivity contribution in [1.29, 1.82) is 0 Å². The molecule has 1 saturated carbocycles. The van der Waals surface area contributed by atoms with Crippen LogP contribution in [0.4, 0.5) is 0 Å². The number of piperazine rings is 1. The molecule has 0 unspecified atom stereocenters. The van der Waals surface area contributed by atoms with Gasteiger partial charge in [-0.1, -0.05) is 55.7 Å². The lowest BCUT2D eigenvalue weighted by atomic mass is 9.82. The normalized spacial score (nSPS) is 15.8. The van der Waals surface area contributed by atoms with Crippen molar-refractivity contribution in [3.63, 3.8) is 0 Å². The molecule has 44 heavy (non-hydrogen) atoms. The molecule has 2 amide bonds. The Morgan fingerprint density at radius 1 is 0.841 bits per heavy atom. The average Bonchev–Trinajstić information content (AvgIpc) is 3.38. The Balaban J connectivity index is 1.40. The van der Waals surface area contributed by atoms with Gasteiger partial charge in [-0.2, -0.15) is 0 Å². The minimum Gasteiger partial charge on any atom is -0.489 e. The number of aromatic carboxylic acids is 1. The standard InChI is InChI=1S/C36H39N3O5/c1-25(40)37-18-20-38(21-19-37)33(41)23-39-32-22-29(36(42)43)14-17-31(32)34(27-10-6-3-7-11-27)35(39)28-12-15-30(16-13-28)44-24-26-8-4-2-5-9-26/h2,4-5,8-9,12-17,22,27H,3,6-7,10-11,18-21,23-24H2,1H3,(H,42,43). The van der Waals surface area contributed by atoms with Crippen LogP contribution in [0.15, 0.2) is 72.8 Å². The Hall–Kier alpha value is -4.59. The van der Waals surface area contributed by atoms with Crippen molar-refractivity contribution in [3.05, 3.63) is 89.5 Å². The Morgan fingerprint density at radius 2 is 1.52 bits per heavy atom. The summed E-state index contributed by atoms with van der Waals surface area (Å²) in [4.78, 5) is 41.3. The van der Waals surface area contributed by atoms with Crippen LogP contribution in [-0.4, -0.2) is 63.4 Å². The molecule has 228 valence electrons. The van der Waals surface area contributed by atoms with Crippen molar-refractivity contribution in [2.75, 3.05) is 26.2 Å². The lowest BCUT2D eigenvalue weighted by Gasteiger charge is -2.34. The monoisotopic (exact) mass is 593 g/mol. The minimum atomic E-state index is -0.994. The van der Waals surface area contributed by atoms with E-state index in [1.807, 2.05) is 70.1 Å². The summed E-state index contributed by atoms with van der Waals surface area (Å²) in [5.41, 5.74) is 5.20. The van der Waals surface area contributed by atoms with E-state index in [9.17, 15) is 19.5 Å². The predicted molar refractivity (Wildman–Crippen MR) is 170 cm³/mol. The molecule has 8 heteroatoms. The maximum absolute atomic E-state index is 13.8. The molecule has 0 bridgehead atoms. The molecule has 1 aromatic heterocycles. The Labute approximate surface area is 257 Å². The summed E-state index contributed by atoms with van der Waals surface area (Å²) in [6, 6.07) is 23.4. The fraction of sp³-hybridized carbons (Fsp3) is 0.361. The van der Waals surface area contributed by atoms with Crippen molar-refractivity contribution in [1.82, 2.24) is 14.4 Å². The van der Waals surface area contributed by atoms with Crippen LogP contribution in [0.1, 0.15) is 66.4 Å². The molecule has 2 aliphatic rings. The number of amides is 2. The first-order chi connectivity index (χ1) is 21.4. The second kappa shape index (κ2) is 13.0. The SMILES string of the molecule is CC(=O)N1CCN(C(=O)Cn2c(-c3ccc(OCc4ccccc4)cc3)c(C3CCCCC3)c3ccc(C(=O)O)cc32)CC1. The summed E-state index contributed by atoms with van der Waals surface area (Å²) in [5.74, 6) is 0.0656. The van der Waals surface area contributed by atoms with Gasteiger partial charge in [0.25, 0.3) is 0 Å². The number of rotatable bonds is 8. The third-order valence-corrected chi connectivity index (χ3v) is 9.11. The van der Waals surface area contributed by atoms with Crippen LogP contribution < -0.4 is 4.74 Å². The lowest BCUT2D eigenvalue weighted by molar-refractivity contribution is -0.138. The van der Waals surface area contributed by atoms with E-state index in [0.717, 1.165) is 59.2 Å². The van der Waals surface area contributed by atoms with Gasteiger partial charge in [-0.15, -0.1) is 0 Å². The fourth-order valence-electron chi connectivity index (χ4n) is 6.75. The van der Waals surface area contributed by atoms with E-state index in [0.29, 0.717) is 38.7 Å². The van der Waals surface area contributed by atoms with Gasteiger partial charge in [-0.05, 0) is 71.8 Å². The molecule has 4 aromatic rings. The van der Waals surface area contributed by atoms with E-state index in [4.69, 9.17) is 4.74 Å². The smallest absolute Gasteiger partial charge is 0.335 e. The van der Waals surface area contributed by atoms with Crippen LogP contribution in [-0.2, 0) is 22.7 Å². The van der Waals surface area contributed by atoms with Gasteiger partial charge >= 0.3 is 5.97 Å². The number of carbonyl (C=O) groups excluding carboxylic acids is 2. The quantitative estimate of drug-likeness (QED) is 0.258. The van der Waals surface area contributed by atoms with Crippen LogP contribution >= 0.6 is 0 Å². The zero-order valence-electron chi connectivity index (χ0n) is 25.2. The molecular weight excluding hydrogens is 554 g/mol. The highest BCUT2D eigenvalue weighted by Gasteiger charge is 2.29. The third kappa shape index (κ3) is 6.20. The third-order valence-electron chi connectivity index (χ3n) is 9.11. The van der Waals surface area contributed by atoms with Gasteiger partial charge in [0.2, 0.25) is 11.8 Å². The Bertz CT molecular complexity index is 1650. The van der Waals surface area contributed by atoms with Gasteiger partial charge < -0.3 is 24.2 Å². The Morgan fingerprint density at radius 3 is 2.18 bits per heavy atom. The number of carboxylic acids is 1. The van der Waals surface area contributed by atoms with Gasteiger partial charge in [0, 0.05) is 38.5 Å². The second-order valence-corrected chi connectivity index (χ2v) is 11.9. The molecule has 1 aliphatic carbocycles. The van der Waals surface area contributed by atoms with E-state index in [2.05, 4.69) is 0 Å². The number of hydrogen-bond acceptors (Lipinski definition) is 4. The number of ether oxygens (including phenoxy) is 1. The van der Waals surface area contributed by atoms with Gasteiger partial charge in [0.05, 0.1) is 16.8 Å². The number of carboxylic acid groups (broad SMARTS) is 1. The molecule has 6 rings (SSSR count). The van der Waals surface area contributed by atoms with Crippen molar-refractivity contribution in [2.24, 2.45) is 0 Å². The summed E-state index contributed by atoms with van der Waals surface area (Å²) in [7, 11) is 0. The number of benzene rings is 3. The van der Waals surface area contributed by atoms with Crippen LogP contribution in [0.5, 0.6) is 5.75 Å². The molecule has 3 aromatic carbocycles. The summed E-state index contributed by atoms with van der Waals surface area (Å²) in [6.07, 6.45) is 5.63. The van der Waals surface area contributed by atoms with Gasteiger partial charge in [0.15, 0.2) is 0 Å². The van der Waals surface area contributed by atoms with E-state index >= 15 is 0 Å². The first-order valence-electron chi connectivity index (χ1n) is 15.6. The number of nitrogens with zero attached hydrogens (tertiary/aromatic N) is 3. The Kier molecular flexibility index (Phi) is 8.68. The molecule has 1 saturated heterocycles. The first-order valence-corrected chi connectivity index (χ1v) is 15.6. The average molecular weight is 594 g/mol.